The van der Waals surface area contributed by atoms with Crippen LogP contribution in [0.25, 0.3) is 10.9 Å². The first-order valence-corrected chi connectivity index (χ1v) is 8.21. The van der Waals surface area contributed by atoms with E-state index in [1.165, 1.54) is 18.9 Å². The monoisotopic (exact) mass is 349 g/mol. The molecule has 0 saturated heterocycles. The highest BCUT2D eigenvalue weighted by Gasteiger charge is 2.14. The van der Waals surface area contributed by atoms with Crippen molar-refractivity contribution in [1.82, 2.24) is 15.3 Å². The van der Waals surface area contributed by atoms with E-state index in [0.29, 0.717) is 41.3 Å². The van der Waals surface area contributed by atoms with Crippen molar-refractivity contribution in [3.05, 3.63) is 28.3 Å². The van der Waals surface area contributed by atoms with E-state index in [-0.39, 0.29) is 11.5 Å². The molecular formula is C17H25N4O4+. The van der Waals surface area contributed by atoms with Gasteiger partial charge in [-0.3, -0.25) is 9.59 Å². The maximum absolute atomic E-state index is 12.4. The molecular weight excluding hydrogens is 324 g/mol. The van der Waals surface area contributed by atoms with Crippen molar-refractivity contribution in [3.8, 4) is 11.5 Å². The molecule has 3 N–H and O–H groups in total. The summed E-state index contributed by atoms with van der Waals surface area (Å²) in [6.07, 6.45) is 0. The number of hydrogen-bond acceptors (Lipinski definition) is 5. The number of aromatic amines is 1. The minimum Gasteiger partial charge on any atom is -0.493 e. The van der Waals surface area contributed by atoms with Crippen molar-refractivity contribution in [3.63, 3.8) is 0 Å². The molecule has 1 heterocycles. The number of hydrogen-bond donors (Lipinski definition) is 3. The minimum absolute atomic E-state index is 0.0475. The molecule has 1 atom stereocenters. The number of carbonyl (C=O) groups is 1. The number of benzene rings is 1. The van der Waals surface area contributed by atoms with Crippen LogP contribution in [0.3, 0.4) is 0 Å². The molecule has 0 radical (unpaired) electrons. The van der Waals surface area contributed by atoms with Gasteiger partial charge in [-0.25, -0.2) is 4.98 Å². The highest BCUT2D eigenvalue weighted by atomic mass is 16.5. The summed E-state index contributed by atoms with van der Waals surface area (Å²) in [7, 11) is 3.07. The Hall–Kier alpha value is -2.61. The van der Waals surface area contributed by atoms with Crippen molar-refractivity contribution in [2.24, 2.45) is 0 Å². The number of nitrogens with one attached hydrogen (secondary N) is 3. The molecule has 1 unspecified atom stereocenters. The van der Waals surface area contributed by atoms with E-state index in [1.54, 1.807) is 19.2 Å². The number of quaternary nitrogens is 1. The van der Waals surface area contributed by atoms with E-state index in [0.717, 1.165) is 13.1 Å². The molecule has 0 aliphatic heterocycles. The van der Waals surface area contributed by atoms with E-state index < -0.39 is 0 Å². The van der Waals surface area contributed by atoms with Crippen molar-refractivity contribution >= 4 is 16.8 Å². The van der Waals surface area contributed by atoms with Crippen LogP contribution in [0.5, 0.6) is 11.5 Å². The van der Waals surface area contributed by atoms with E-state index in [1.807, 2.05) is 0 Å². The Kier molecular flexibility index (Phi) is 6.35. The summed E-state index contributed by atoms with van der Waals surface area (Å²) in [6, 6.07) is 3.33. The molecule has 0 fully saturated rings. The summed E-state index contributed by atoms with van der Waals surface area (Å²) in [4.78, 5) is 31.9. The van der Waals surface area contributed by atoms with Gasteiger partial charge in [0.2, 0.25) is 5.91 Å². The third-order valence-electron chi connectivity index (χ3n) is 4.03. The van der Waals surface area contributed by atoms with Crippen molar-refractivity contribution in [2.75, 3.05) is 33.9 Å². The van der Waals surface area contributed by atoms with Crippen LogP contribution in [-0.2, 0) is 11.3 Å². The minimum atomic E-state index is -0.210. The number of methoxy groups -OCH3 is 2. The van der Waals surface area contributed by atoms with Gasteiger partial charge in [-0.1, -0.05) is 0 Å². The number of H-pyrrole nitrogens is 1. The lowest BCUT2D eigenvalue weighted by molar-refractivity contribution is -0.911. The highest BCUT2D eigenvalue weighted by molar-refractivity contribution is 5.81. The smallest absolute Gasteiger partial charge is 0.259 e. The van der Waals surface area contributed by atoms with Gasteiger partial charge < -0.3 is 24.7 Å². The fraction of sp³-hybridized carbons (Fsp3) is 0.471. The number of ether oxygens (including phenoxy) is 2. The lowest BCUT2D eigenvalue weighted by Gasteiger charge is -2.17. The number of fused-ring (bicyclic) bond motifs is 1. The number of aromatic nitrogens is 2. The summed E-state index contributed by atoms with van der Waals surface area (Å²) < 4.78 is 10.5. The van der Waals surface area contributed by atoms with Crippen LogP contribution in [0.2, 0.25) is 0 Å². The summed E-state index contributed by atoms with van der Waals surface area (Å²) in [5.74, 6) is 1.58. The van der Waals surface area contributed by atoms with Gasteiger partial charge in [0.1, 0.15) is 6.54 Å². The Morgan fingerprint density at radius 2 is 1.96 bits per heavy atom. The van der Waals surface area contributed by atoms with Crippen LogP contribution < -0.4 is 25.2 Å². The molecule has 8 heteroatoms. The fourth-order valence-electron chi connectivity index (χ4n) is 2.64. The van der Waals surface area contributed by atoms with Gasteiger partial charge in [-0.15, -0.1) is 0 Å². The van der Waals surface area contributed by atoms with Crippen LogP contribution >= 0.6 is 0 Å². The van der Waals surface area contributed by atoms with Crippen LogP contribution in [0.4, 0.5) is 0 Å². The largest absolute Gasteiger partial charge is 0.493 e. The van der Waals surface area contributed by atoms with Crippen molar-refractivity contribution in [2.45, 2.75) is 20.4 Å². The Morgan fingerprint density at radius 1 is 1.28 bits per heavy atom. The topological polar surface area (TPSA) is 97.8 Å². The Bertz CT molecular complexity index is 803. The average molecular weight is 349 g/mol. The average Bonchev–Trinajstić information content (AvgIpc) is 2.59. The molecule has 2 rings (SSSR count). The SMILES string of the molecule is CC[NH+](CCNC(C)=O)Cc1nc2cc(OC)c(OC)cc2c(=O)[nH]1. The van der Waals surface area contributed by atoms with Crippen molar-refractivity contribution in [1.29, 1.82) is 0 Å². The van der Waals surface area contributed by atoms with Gasteiger partial charge in [0.05, 0.1) is 44.8 Å². The second kappa shape index (κ2) is 8.48. The zero-order chi connectivity index (χ0) is 18.4. The predicted octanol–water partition coefficient (Wildman–Crippen LogP) is -0.519. The van der Waals surface area contributed by atoms with E-state index in [4.69, 9.17) is 9.47 Å². The molecule has 136 valence electrons. The Labute approximate surface area is 146 Å². The number of nitrogens with zero attached hydrogens (tertiary/aromatic N) is 1. The number of likely N-dealkylation sites (N-methyl/N-ethyl adjacent to an activating group) is 1. The van der Waals surface area contributed by atoms with E-state index >= 15 is 0 Å². The number of amides is 1. The lowest BCUT2D eigenvalue weighted by atomic mass is 10.2. The predicted molar refractivity (Wildman–Crippen MR) is 94.2 cm³/mol. The highest BCUT2D eigenvalue weighted by Crippen LogP contribution is 2.29. The van der Waals surface area contributed by atoms with Gasteiger partial charge in [0.25, 0.3) is 5.56 Å². The summed E-state index contributed by atoms with van der Waals surface area (Å²) in [5, 5.41) is 3.24. The fourth-order valence-corrected chi connectivity index (χ4v) is 2.64. The van der Waals surface area contributed by atoms with Crippen LogP contribution in [0.1, 0.15) is 19.7 Å². The van der Waals surface area contributed by atoms with Crippen LogP contribution in [-0.4, -0.2) is 49.7 Å². The third kappa shape index (κ3) is 4.69. The molecule has 0 saturated carbocycles. The maximum Gasteiger partial charge on any atom is 0.259 e. The molecule has 25 heavy (non-hydrogen) atoms. The van der Waals surface area contributed by atoms with Gasteiger partial charge >= 0.3 is 0 Å². The van der Waals surface area contributed by atoms with Crippen LogP contribution in [0.15, 0.2) is 16.9 Å². The number of carbonyl (C=O) groups excluding carboxylic acids is 1. The van der Waals surface area contributed by atoms with E-state index in [2.05, 4.69) is 22.2 Å². The molecule has 8 nitrogen and oxygen atoms in total. The first-order chi connectivity index (χ1) is 12.0. The molecule has 2 aromatic rings. The van der Waals surface area contributed by atoms with Crippen LogP contribution in [0, 0.1) is 0 Å². The van der Waals surface area contributed by atoms with Gasteiger partial charge in [-0.05, 0) is 13.0 Å². The molecule has 0 bridgehead atoms. The molecule has 0 spiro atoms. The van der Waals surface area contributed by atoms with Gasteiger partial charge in [0.15, 0.2) is 17.3 Å². The summed E-state index contributed by atoms with van der Waals surface area (Å²) >= 11 is 0. The first kappa shape index (κ1) is 18.7. The third-order valence-corrected chi connectivity index (χ3v) is 4.03. The molecule has 1 aromatic carbocycles. The number of rotatable bonds is 8. The molecule has 0 aliphatic carbocycles. The molecule has 1 amide bonds. The lowest BCUT2D eigenvalue weighted by Crippen LogP contribution is -3.11. The second-order valence-electron chi connectivity index (χ2n) is 5.75. The summed E-state index contributed by atoms with van der Waals surface area (Å²) in [6.45, 7) is 6.31. The standard InChI is InChI=1S/C17H24N4O4/c1-5-21(7-6-18-11(2)22)10-16-19-13-9-15(25-4)14(24-3)8-12(13)17(23)20-16/h8-9H,5-7,10H2,1-4H3,(H,18,22)(H,19,20,23)/p+1. The Morgan fingerprint density at radius 3 is 2.56 bits per heavy atom. The maximum atomic E-state index is 12.4. The molecule has 1 aromatic heterocycles. The van der Waals surface area contributed by atoms with Gasteiger partial charge in [-0.2, -0.15) is 0 Å². The first-order valence-electron chi connectivity index (χ1n) is 8.21. The summed E-state index contributed by atoms with van der Waals surface area (Å²) in [5.41, 5.74) is 0.354. The van der Waals surface area contributed by atoms with Gasteiger partial charge in [0, 0.05) is 13.0 Å². The zero-order valence-corrected chi connectivity index (χ0v) is 15.1. The van der Waals surface area contributed by atoms with E-state index in [9.17, 15) is 9.59 Å². The second-order valence-corrected chi connectivity index (χ2v) is 5.75. The Balaban J connectivity index is 2.26. The molecule has 0 aliphatic rings. The zero-order valence-electron chi connectivity index (χ0n) is 15.1. The van der Waals surface area contributed by atoms with Crippen molar-refractivity contribution < 1.29 is 19.2 Å². The normalized spacial score (nSPS) is 12.0. The quantitative estimate of drug-likeness (QED) is 0.596.